The minimum atomic E-state index is -4.95. The van der Waals surface area contributed by atoms with Crippen molar-refractivity contribution in [2.45, 2.75) is 375 Å². The van der Waals surface area contributed by atoms with Crippen LogP contribution < -0.4 is 0 Å². The van der Waals surface area contributed by atoms with Crippen LogP contribution in [0.1, 0.15) is 357 Å². The standard InChI is InChI=1S/C72H140O17P2/c1-9-65(8)51-43-35-26-22-23-29-39-47-55-72(77)89-67(58-82-69(74)52-44-36-27-20-16-14-12-10-11-13-15-18-24-32-40-48-62(2)3)60-86-90(78,79)84-56-66(73)57-85-91(80,81)87-61-68(59-83-70(75)53-45-37-31-30-34-42-50-64(6)7)88-71(76)54-46-38-28-21-17-19-25-33-41-49-63(4)5/h62-68,73H,9-61H2,1-8H3,(H,78,79)(H,80,81)/t65?,66-,67-,68-/m1/s1. The topological polar surface area (TPSA) is 237 Å². The van der Waals surface area contributed by atoms with Gasteiger partial charge in [-0.3, -0.25) is 37.3 Å². The third-order valence-electron chi connectivity index (χ3n) is 16.9. The lowest BCUT2D eigenvalue weighted by Gasteiger charge is -2.21. The molecule has 17 nitrogen and oxygen atoms in total. The summed E-state index contributed by atoms with van der Waals surface area (Å²) in [4.78, 5) is 72.6. The van der Waals surface area contributed by atoms with Gasteiger partial charge in [-0.25, -0.2) is 9.13 Å². The molecule has 0 fully saturated rings. The van der Waals surface area contributed by atoms with E-state index >= 15 is 0 Å². The van der Waals surface area contributed by atoms with Gasteiger partial charge in [-0.05, 0) is 49.4 Å². The maximum atomic E-state index is 13.0. The number of rotatable bonds is 69. The van der Waals surface area contributed by atoms with Crippen LogP contribution in [0.2, 0.25) is 0 Å². The van der Waals surface area contributed by atoms with E-state index in [-0.39, 0.29) is 25.7 Å². The molecule has 6 atom stereocenters. The smallest absolute Gasteiger partial charge is 0.462 e. The van der Waals surface area contributed by atoms with Gasteiger partial charge in [0, 0.05) is 25.7 Å². The van der Waals surface area contributed by atoms with Crippen LogP contribution in [0.15, 0.2) is 0 Å². The molecule has 0 saturated carbocycles. The summed E-state index contributed by atoms with van der Waals surface area (Å²) in [5.74, 6) is 0.861. The number of carbonyl (C=O) groups is 4. The van der Waals surface area contributed by atoms with Gasteiger partial charge in [-0.15, -0.1) is 0 Å². The van der Waals surface area contributed by atoms with Crippen molar-refractivity contribution >= 4 is 39.5 Å². The summed E-state index contributed by atoms with van der Waals surface area (Å²) in [6.45, 7) is 14.1. The largest absolute Gasteiger partial charge is 0.472 e. The van der Waals surface area contributed by atoms with Gasteiger partial charge in [-0.1, -0.05) is 306 Å². The minimum absolute atomic E-state index is 0.104. The molecule has 0 aliphatic carbocycles. The van der Waals surface area contributed by atoms with Crippen molar-refractivity contribution < 1.29 is 80.2 Å². The highest BCUT2D eigenvalue weighted by Gasteiger charge is 2.30. The third kappa shape index (κ3) is 65.1. The Bertz CT molecular complexity index is 1800. The summed E-state index contributed by atoms with van der Waals surface area (Å²) in [6.07, 6.45) is 44.6. The van der Waals surface area contributed by atoms with Gasteiger partial charge in [0.05, 0.1) is 26.4 Å². The number of phosphoric ester groups is 2. The first-order chi connectivity index (χ1) is 43.6. The third-order valence-corrected chi connectivity index (χ3v) is 18.8. The summed E-state index contributed by atoms with van der Waals surface area (Å²) < 4.78 is 68.3. The Balaban J connectivity index is 5.21. The molecule has 0 radical (unpaired) electrons. The van der Waals surface area contributed by atoms with E-state index in [0.717, 1.165) is 114 Å². The zero-order chi connectivity index (χ0) is 67.5. The highest BCUT2D eigenvalue weighted by molar-refractivity contribution is 7.47. The number of ether oxygens (including phenoxy) is 4. The maximum absolute atomic E-state index is 13.0. The second-order valence-corrected chi connectivity index (χ2v) is 30.6. The Morgan fingerprint density at radius 2 is 0.527 bits per heavy atom. The van der Waals surface area contributed by atoms with Gasteiger partial charge >= 0.3 is 39.5 Å². The van der Waals surface area contributed by atoms with E-state index in [1.807, 2.05) is 0 Å². The van der Waals surface area contributed by atoms with Crippen LogP contribution in [0.25, 0.3) is 0 Å². The Hall–Kier alpha value is -1.94. The van der Waals surface area contributed by atoms with E-state index in [2.05, 4.69) is 55.4 Å². The number of carbonyl (C=O) groups excluding carboxylic acids is 4. The number of aliphatic hydroxyl groups excluding tert-OH is 1. The van der Waals surface area contributed by atoms with Gasteiger partial charge in [0.1, 0.15) is 19.3 Å². The molecular formula is C72H140O17P2. The number of hydrogen-bond acceptors (Lipinski definition) is 15. The quantitative estimate of drug-likeness (QED) is 0.0222. The lowest BCUT2D eigenvalue weighted by Crippen LogP contribution is -2.30. The molecule has 0 aromatic heterocycles. The first kappa shape index (κ1) is 89.1. The molecule has 0 saturated heterocycles. The Kier molecular flexibility index (Phi) is 60.3. The normalized spacial score (nSPS) is 14.5. The van der Waals surface area contributed by atoms with Crippen LogP contribution in [-0.2, 0) is 65.4 Å². The zero-order valence-electron chi connectivity index (χ0n) is 59.5. The van der Waals surface area contributed by atoms with Crippen LogP contribution in [-0.4, -0.2) is 96.7 Å². The average Bonchev–Trinajstić information content (AvgIpc) is 3.38. The molecule has 0 heterocycles. The van der Waals surface area contributed by atoms with E-state index in [4.69, 9.17) is 37.0 Å². The lowest BCUT2D eigenvalue weighted by molar-refractivity contribution is -0.161. The van der Waals surface area contributed by atoms with Gasteiger partial charge in [-0.2, -0.15) is 0 Å². The molecule has 0 rings (SSSR count). The van der Waals surface area contributed by atoms with Crippen LogP contribution in [0.4, 0.5) is 0 Å². The Morgan fingerprint density at radius 1 is 0.308 bits per heavy atom. The summed E-state index contributed by atoms with van der Waals surface area (Å²) >= 11 is 0. The van der Waals surface area contributed by atoms with E-state index < -0.39 is 97.5 Å². The SMILES string of the molecule is CCC(C)CCCCCCCCCCC(=O)O[C@H](COC(=O)CCCCCCCCCCCCCCCCCC(C)C)COP(=O)(O)OC[C@@H](O)COP(=O)(O)OC[C@@H](COC(=O)CCCCCCCCC(C)C)OC(=O)CCCCCCCCCCCC(C)C. The van der Waals surface area contributed by atoms with Gasteiger partial charge in [0.2, 0.25) is 0 Å². The number of hydrogen-bond donors (Lipinski definition) is 3. The summed E-state index contributed by atoms with van der Waals surface area (Å²) in [5.41, 5.74) is 0. The molecule has 0 aromatic carbocycles. The fraction of sp³-hybridized carbons (Fsp3) is 0.944. The highest BCUT2D eigenvalue weighted by Crippen LogP contribution is 2.45. The number of esters is 4. The van der Waals surface area contributed by atoms with E-state index in [0.29, 0.717) is 31.6 Å². The van der Waals surface area contributed by atoms with Crippen molar-refractivity contribution in [2.24, 2.45) is 23.7 Å². The molecule has 0 aliphatic heterocycles. The van der Waals surface area contributed by atoms with Crippen molar-refractivity contribution in [1.29, 1.82) is 0 Å². The predicted octanol–water partition coefficient (Wildman–Crippen LogP) is 20.5. The number of unbranched alkanes of at least 4 members (excludes halogenated alkanes) is 34. The molecule has 19 heteroatoms. The van der Waals surface area contributed by atoms with Crippen LogP contribution >= 0.6 is 15.6 Å². The molecule has 540 valence electrons. The van der Waals surface area contributed by atoms with Crippen molar-refractivity contribution in [3.05, 3.63) is 0 Å². The van der Waals surface area contributed by atoms with E-state index in [1.54, 1.807) is 0 Å². The molecule has 0 aromatic rings. The van der Waals surface area contributed by atoms with Crippen LogP contribution in [0.5, 0.6) is 0 Å². The monoisotopic (exact) mass is 1340 g/mol. The van der Waals surface area contributed by atoms with Gasteiger partial charge < -0.3 is 33.8 Å². The highest BCUT2D eigenvalue weighted by atomic mass is 31.2. The second kappa shape index (κ2) is 61.6. The molecule has 0 spiro atoms. The van der Waals surface area contributed by atoms with Crippen molar-refractivity contribution in [2.75, 3.05) is 39.6 Å². The van der Waals surface area contributed by atoms with Crippen molar-refractivity contribution in [3.63, 3.8) is 0 Å². The maximum Gasteiger partial charge on any atom is 0.472 e. The van der Waals surface area contributed by atoms with Crippen LogP contribution in [0.3, 0.4) is 0 Å². The van der Waals surface area contributed by atoms with Crippen molar-refractivity contribution in [1.82, 2.24) is 0 Å². The summed E-state index contributed by atoms with van der Waals surface area (Å²) in [6, 6.07) is 0. The van der Waals surface area contributed by atoms with E-state index in [9.17, 15) is 43.2 Å². The molecule has 0 aliphatic rings. The fourth-order valence-corrected chi connectivity index (χ4v) is 12.4. The molecule has 0 amide bonds. The number of aliphatic hydroxyl groups is 1. The molecule has 91 heavy (non-hydrogen) atoms. The molecular weight excluding hydrogens is 1200 g/mol. The Labute approximate surface area is 556 Å². The first-order valence-electron chi connectivity index (χ1n) is 37.2. The van der Waals surface area contributed by atoms with Crippen molar-refractivity contribution in [3.8, 4) is 0 Å². The average molecular weight is 1340 g/mol. The van der Waals surface area contributed by atoms with E-state index in [1.165, 1.54) is 154 Å². The van der Waals surface area contributed by atoms with Gasteiger partial charge in [0.25, 0.3) is 0 Å². The van der Waals surface area contributed by atoms with Gasteiger partial charge in [0.15, 0.2) is 12.2 Å². The zero-order valence-corrected chi connectivity index (χ0v) is 61.3. The molecule has 3 N–H and O–H groups in total. The second-order valence-electron chi connectivity index (χ2n) is 27.6. The predicted molar refractivity (Wildman–Crippen MR) is 367 cm³/mol. The Morgan fingerprint density at radius 3 is 0.780 bits per heavy atom. The molecule has 3 unspecified atom stereocenters. The van der Waals surface area contributed by atoms with Crippen LogP contribution in [0, 0.1) is 23.7 Å². The minimum Gasteiger partial charge on any atom is -0.462 e. The fourth-order valence-electron chi connectivity index (χ4n) is 10.8. The first-order valence-corrected chi connectivity index (χ1v) is 40.2. The summed E-state index contributed by atoms with van der Waals surface area (Å²) in [5, 5.41) is 10.6. The summed E-state index contributed by atoms with van der Waals surface area (Å²) in [7, 11) is -9.90. The molecule has 0 bridgehead atoms. The lowest BCUT2D eigenvalue weighted by atomic mass is 9.99. The number of phosphoric acid groups is 2.